The maximum atomic E-state index is 12.5. The van der Waals surface area contributed by atoms with E-state index < -0.39 is 24.9 Å². The lowest BCUT2D eigenvalue weighted by Crippen LogP contribution is -2.09. The number of rotatable bonds is 8. The predicted molar refractivity (Wildman–Crippen MR) is 88.2 cm³/mol. The number of methoxy groups -OCH3 is 1. The van der Waals surface area contributed by atoms with Gasteiger partial charge in [0.1, 0.15) is 17.2 Å². The third kappa shape index (κ3) is 6.17. The van der Waals surface area contributed by atoms with E-state index in [2.05, 4.69) is 19.8 Å². The van der Waals surface area contributed by atoms with Crippen LogP contribution in [0.2, 0.25) is 0 Å². The summed E-state index contributed by atoms with van der Waals surface area (Å²) < 4.78 is 63.0. The first-order valence-electron chi connectivity index (χ1n) is 7.40. The van der Waals surface area contributed by atoms with Crippen molar-refractivity contribution < 1.29 is 36.6 Å². The zero-order valence-corrected chi connectivity index (χ0v) is 13.9. The molecule has 2 rings (SSSR count). The number of alkyl halides is 4. The first kappa shape index (κ1) is 20.0. The molecule has 0 bridgehead atoms. The van der Waals surface area contributed by atoms with Crippen molar-refractivity contribution in [2.75, 3.05) is 12.4 Å². The van der Waals surface area contributed by atoms with E-state index in [1.807, 2.05) is 0 Å². The van der Waals surface area contributed by atoms with Gasteiger partial charge in [0.25, 0.3) is 0 Å². The Bertz CT molecular complexity index is 815. The molecule has 0 spiro atoms. The van der Waals surface area contributed by atoms with Crippen molar-refractivity contribution in [3.05, 3.63) is 48.2 Å². The van der Waals surface area contributed by atoms with Crippen LogP contribution in [0.1, 0.15) is 5.56 Å². The summed E-state index contributed by atoms with van der Waals surface area (Å²) in [5, 5.41) is 2.50. The number of halogens is 4. The van der Waals surface area contributed by atoms with E-state index in [4.69, 9.17) is 4.74 Å². The predicted octanol–water partition coefficient (Wildman–Crippen LogP) is 3.94. The van der Waals surface area contributed by atoms with Gasteiger partial charge in [-0.15, -0.1) is 0 Å². The Morgan fingerprint density at radius 2 is 1.89 bits per heavy atom. The summed E-state index contributed by atoms with van der Waals surface area (Å²) in [7, 11) is 1.38. The molecule has 0 aliphatic carbocycles. The van der Waals surface area contributed by atoms with Crippen LogP contribution in [0.3, 0.4) is 0 Å². The summed E-state index contributed by atoms with van der Waals surface area (Å²) in [5.74, 6) is -1.19. The van der Waals surface area contributed by atoms with Crippen molar-refractivity contribution in [2.45, 2.75) is 13.2 Å². The number of ether oxygens (including phenoxy) is 3. The Hall–Kier alpha value is -3.30. The van der Waals surface area contributed by atoms with Crippen LogP contribution in [-0.4, -0.2) is 31.2 Å². The molecular formula is C17H14F4N2O4. The average molecular weight is 386 g/mol. The molecule has 0 aliphatic heterocycles. The van der Waals surface area contributed by atoms with E-state index in [-0.39, 0.29) is 17.2 Å². The van der Waals surface area contributed by atoms with Gasteiger partial charge in [0.05, 0.1) is 7.11 Å². The van der Waals surface area contributed by atoms with E-state index in [9.17, 15) is 22.4 Å². The van der Waals surface area contributed by atoms with Crippen molar-refractivity contribution in [3.63, 3.8) is 0 Å². The standard InChI is InChI=1S/C17H14F4N2O4/c1-25-15-12(3-2-8-22-15)23-14(24)7-5-10-4-6-11(26-16(18)19)9-13(10)27-17(20)21/h2-9,16-17H,1H3,(H,23,24). The first-order chi connectivity index (χ1) is 12.9. The van der Waals surface area contributed by atoms with Gasteiger partial charge in [-0.1, -0.05) is 0 Å². The third-order valence-corrected chi connectivity index (χ3v) is 3.06. The van der Waals surface area contributed by atoms with Gasteiger partial charge in [-0.3, -0.25) is 4.79 Å². The molecular weight excluding hydrogens is 372 g/mol. The maximum Gasteiger partial charge on any atom is 0.387 e. The van der Waals surface area contributed by atoms with Gasteiger partial charge >= 0.3 is 13.2 Å². The molecule has 0 radical (unpaired) electrons. The summed E-state index contributed by atoms with van der Waals surface area (Å²) in [6, 6.07) is 6.34. The molecule has 0 fully saturated rings. The molecule has 0 saturated carbocycles. The highest BCUT2D eigenvalue weighted by Crippen LogP contribution is 2.28. The van der Waals surface area contributed by atoms with Crippen molar-refractivity contribution in [2.24, 2.45) is 0 Å². The van der Waals surface area contributed by atoms with Crippen LogP contribution < -0.4 is 19.5 Å². The van der Waals surface area contributed by atoms with Crippen LogP contribution in [0, 0.1) is 0 Å². The van der Waals surface area contributed by atoms with Crippen LogP contribution in [0.25, 0.3) is 6.08 Å². The number of aromatic nitrogens is 1. The molecule has 1 aromatic carbocycles. The van der Waals surface area contributed by atoms with Gasteiger partial charge in [-0.05, 0) is 30.3 Å². The number of carbonyl (C=O) groups excluding carboxylic acids is 1. The number of hydrogen-bond donors (Lipinski definition) is 1. The first-order valence-corrected chi connectivity index (χ1v) is 7.40. The van der Waals surface area contributed by atoms with Gasteiger partial charge in [0, 0.05) is 23.9 Å². The minimum absolute atomic E-state index is 0.0604. The number of nitrogens with zero attached hydrogens (tertiary/aromatic N) is 1. The lowest BCUT2D eigenvalue weighted by molar-refractivity contribution is -0.111. The molecule has 0 unspecified atom stereocenters. The Kier molecular flexibility index (Phi) is 6.98. The summed E-state index contributed by atoms with van der Waals surface area (Å²) in [6.07, 6.45) is 3.71. The number of pyridine rings is 1. The monoisotopic (exact) mass is 386 g/mol. The van der Waals surface area contributed by atoms with Crippen molar-refractivity contribution >= 4 is 17.7 Å². The molecule has 2 aromatic rings. The number of carbonyl (C=O) groups is 1. The lowest BCUT2D eigenvalue weighted by atomic mass is 10.1. The second kappa shape index (κ2) is 9.41. The molecule has 1 N–H and O–H groups in total. The minimum atomic E-state index is -3.19. The Labute approximate surface area is 151 Å². The molecule has 0 saturated heterocycles. The van der Waals surface area contributed by atoms with Gasteiger partial charge in [-0.25, -0.2) is 4.98 Å². The van der Waals surface area contributed by atoms with Crippen molar-refractivity contribution in [1.29, 1.82) is 0 Å². The molecule has 0 atom stereocenters. The van der Waals surface area contributed by atoms with Crippen LogP contribution in [-0.2, 0) is 4.79 Å². The Balaban J connectivity index is 2.17. The van der Waals surface area contributed by atoms with Crippen molar-refractivity contribution in [1.82, 2.24) is 4.98 Å². The van der Waals surface area contributed by atoms with E-state index in [0.717, 1.165) is 18.2 Å². The van der Waals surface area contributed by atoms with E-state index in [0.29, 0.717) is 5.69 Å². The summed E-state index contributed by atoms with van der Waals surface area (Å²) in [5.41, 5.74) is 0.365. The van der Waals surface area contributed by atoms with Gasteiger partial charge in [0.2, 0.25) is 11.8 Å². The number of anilines is 1. The van der Waals surface area contributed by atoms with E-state index in [1.54, 1.807) is 12.1 Å². The summed E-state index contributed by atoms with van der Waals surface area (Å²) in [4.78, 5) is 15.9. The maximum absolute atomic E-state index is 12.5. The summed E-state index contributed by atoms with van der Waals surface area (Å²) >= 11 is 0. The molecule has 27 heavy (non-hydrogen) atoms. The molecule has 1 heterocycles. The number of nitrogens with one attached hydrogen (secondary N) is 1. The van der Waals surface area contributed by atoms with E-state index in [1.165, 1.54) is 25.4 Å². The molecule has 1 amide bonds. The number of amides is 1. The second-order valence-electron chi connectivity index (χ2n) is 4.84. The number of hydrogen-bond acceptors (Lipinski definition) is 5. The highest BCUT2D eigenvalue weighted by atomic mass is 19.3. The molecule has 1 aromatic heterocycles. The van der Waals surface area contributed by atoms with Crippen LogP contribution in [0.5, 0.6) is 17.4 Å². The molecule has 144 valence electrons. The Morgan fingerprint density at radius 1 is 1.15 bits per heavy atom. The molecule has 0 aliphatic rings. The van der Waals surface area contributed by atoms with Crippen LogP contribution in [0.15, 0.2) is 42.6 Å². The molecule has 10 heteroatoms. The third-order valence-electron chi connectivity index (χ3n) is 3.06. The van der Waals surface area contributed by atoms with Gasteiger partial charge in [-0.2, -0.15) is 17.6 Å². The molecule has 6 nitrogen and oxygen atoms in total. The fourth-order valence-corrected chi connectivity index (χ4v) is 2.02. The van der Waals surface area contributed by atoms with Gasteiger partial charge < -0.3 is 19.5 Å². The van der Waals surface area contributed by atoms with Gasteiger partial charge in [0.15, 0.2) is 0 Å². The van der Waals surface area contributed by atoms with Crippen molar-refractivity contribution in [3.8, 4) is 17.4 Å². The largest absolute Gasteiger partial charge is 0.480 e. The lowest BCUT2D eigenvalue weighted by Gasteiger charge is -2.11. The smallest absolute Gasteiger partial charge is 0.387 e. The van der Waals surface area contributed by atoms with Crippen LogP contribution in [0.4, 0.5) is 23.2 Å². The van der Waals surface area contributed by atoms with E-state index >= 15 is 0 Å². The highest BCUT2D eigenvalue weighted by Gasteiger charge is 2.13. The SMILES string of the molecule is COc1ncccc1NC(=O)C=Cc1ccc(OC(F)F)cc1OC(F)F. The zero-order chi connectivity index (χ0) is 19.8. The fourth-order valence-electron chi connectivity index (χ4n) is 2.02. The average Bonchev–Trinajstić information content (AvgIpc) is 2.60. The van der Waals surface area contributed by atoms with Crippen LogP contribution >= 0.6 is 0 Å². The zero-order valence-electron chi connectivity index (χ0n) is 13.9. The Morgan fingerprint density at radius 3 is 2.56 bits per heavy atom. The second-order valence-corrected chi connectivity index (χ2v) is 4.84. The minimum Gasteiger partial charge on any atom is -0.480 e. The fraction of sp³-hybridized carbons (Fsp3) is 0.176. The summed E-state index contributed by atoms with van der Waals surface area (Å²) in [6.45, 7) is -6.31. The number of benzene rings is 1. The quantitative estimate of drug-likeness (QED) is 0.550. The normalized spacial score (nSPS) is 11.1. The highest BCUT2D eigenvalue weighted by molar-refractivity contribution is 6.02. The topological polar surface area (TPSA) is 69.7 Å².